The summed E-state index contributed by atoms with van der Waals surface area (Å²) >= 11 is 0. The van der Waals surface area contributed by atoms with Gasteiger partial charge >= 0.3 is 5.63 Å². The lowest BCUT2D eigenvalue weighted by Crippen LogP contribution is -2.45. The maximum Gasteiger partial charge on any atom is 0.344 e. The molecule has 0 N–H and O–H groups in total. The third-order valence-electron chi connectivity index (χ3n) is 5.67. The molecule has 0 bridgehead atoms. The van der Waals surface area contributed by atoms with Crippen LogP contribution in [0.15, 0.2) is 51.7 Å². The Morgan fingerprint density at radius 2 is 1.64 bits per heavy atom. The molecule has 0 aliphatic carbocycles. The van der Waals surface area contributed by atoms with E-state index in [0.717, 1.165) is 38.1 Å². The molecule has 9 heteroatoms. The molecular formula is C24H30Cl2N2O5. The summed E-state index contributed by atoms with van der Waals surface area (Å²) in [5, 5.41) is 0.829. The summed E-state index contributed by atoms with van der Waals surface area (Å²) in [6.45, 7) is 5.78. The van der Waals surface area contributed by atoms with Crippen LogP contribution in [0.4, 0.5) is 0 Å². The maximum atomic E-state index is 12.7. The lowest BCUT2D eigenvalue weighted by atomic mass is 10.1. The summed E-state index contributed by atoms with van der Waals surface area (Å²) in [4.78, 5) is 17.4. The highest BCUT2D eigenvalue weighted by Gasteiger charge is 2.14. The third kappa shape index (κ3) is 6.32. The van der Waals surface area contributed by atoms with Crippen molar-refractivity contribution < 1.29 is 18.6 Å². The van der Waals surface area contributed by atoms with Gasteiger partial charge in [-0.2, -0.15) is 0 Å². The fourth-order valence-corrected chi connectivity index (χ4v) is 3.75. The number of fused-ring (bicyclic) bond motifs is 1. The fourth-order valence-electron chi connectivity index (χ4n) is 3.75. The minimum Gasteiger partial charge on any atom is -0.493 e. The molecule has 1 aliphatic rings. The predicted molar refractivity (Wildman–Crippen MR) is 135 cm³/mol. The van der Waals surface area contributed by atoms with E-state index >= 15 is 0 Å². The van der Waals surface area contributed by atoms with Crippen LogP contribution in [-0.2, 0) is 0 Å². The molecule has 0 radical (unpaired) electrons. The summed E-state index contributed by atoms with van der Waals surface area (Å²) in [5.41, 5.74) is 1.28. The van der Waals surface area contributed by atoms with E-state index in [1.54, 1.807) is 32.4 Å². The average Bonchev–Trinajstić information content (AvgIpc) is 2.79. The first-order valence-corrected chi connectivity index (χ1v) is 10.4. The zero-order valence-corrected chi connectivity index (χ0v) is 20.7. The van der Waals surface area contributed by atoms with Crippen LogP contribution in [0.25, 0.3) is 22.1 Å². The molecule has 3 aromatic rings. The quantitative estimate of drug-likeness (QED) is 0.458. The first-order valence-electron chi connectivity index (χ1n) is 10.4. The average molecular weight is 497 g/mol. The predicted octanol–water partition coefficient (Wildman–Crippen LogP) is 3.95. The second-order valence-electron chi connectivity index (χ2n) is 7.71. The Hall–Kier alpha value is -2.45. The number of benzene rings is 2. The normalized spacial score (nSPS) is 14.3. The van der Waals surface area contributed by atoms with Gasteiger partial charge in [0.25, 0.3) is 0 Å². The maximum absolute atomic E-state index is 12.7. The lowest BCUT2D eigenvalue weighted by Gasteiger charge is -2.32. The molecule has 0 amide bonds. The Morgan fingerprint density at radius 3 is 2.33 bits per heavy atom. The molecule has 2 aromatic carbocycles. The van der Waals surface area contributed by atoms with Crippen molar-refractivity contribution in [3.05, 3.63) is 52.9 Å². The van der Waals surface area contributed by atoms with Gasteiger partial charge in [0.1, 0.15) is 17.9 Å². The number of rotatable bonds is 7. The largest absolute Gasteiger partial charge is 0.493 e. The van der Waals surface area contributed by atoms with Gasteiger partial charge < -0.3 is 23.5 Å². The van der Waals surface area contributed by atoms with Crippen molar-refractivity contribution in [3.8, 4) is 28.4 Å². The topological polar surface area (TPSA) is 64.4 Å². The van der Waals surface area contributed by atoms with Gasteiger partial charge in [-0.3, -0.25) is 4.90 Å². The molecule has 0 spiro atoms. The van der Waals surface area contributed by atoms with Crippen molar-refractivity contribution in [1.82, 2.24) is 9.80 Å². The van der Waals surface area contributed by atoms with Crippen molar-refractivity contribution in [3.63, 3.8) is 0 Å². The summed E-state index contributed by atoms with van der Waals surface area (Å²) in [5.74, 6) is 1.86. The van der Waals surface area contributed by atoms with E-state index < -0.39 is 5.63 Å². The second-order valence-corrected chi connectivity index (χ2v) is 7.71. The number of hydrogen-bond acceptors (Lipinski definition) is 7. The van der Waals surface area contributed by atoms with Crippen LogP contribution >= 0.6 is 24.8 Å². The minimum absolute atomic E-state index is 0. The number of hydrogen-bond donors (Lipinski definition) is 0. The molecule has 33 heavy (non-hydrogen) atoms. The van der Waals surface area contributed by atoms with Gasteiger partial charge in [-0.15, -0.1) is 24.8 Å². The Kier molecular flexibility index (Phi) is 9.86. The van der Waals surface area contributed by atoms with E-state index in [1.165, 1.54) is 0 Å². The van der Waals surface area contributed by atoms with Crippen LogP contribution in [0.5, 0.6) is 17.2 Å². The number of methoxy groups -OCH3 is 2. The van der Waals surface area contributed by atoms with Crippen molar-refractivity contribution in [2.75, 3.05) is 60.6 Å². The molecule has 4 rings (SSSR count). The van der Waals surface area contributed by atoms with Gasteiger partial charge in [-0.25, -0.2) is 4.79 Å². The van der Waals surface area contributed by atoms with E-state index in [-0.39, 0.29) is 24.8 Å². The molecule has 180 valence electrons. The fraction of sp³-hybridized carbons (Fsp3) is 0.375. The van der Waals surface area contributed by atoms with E-state index in [0.29, 0.717) is 40.6 Å². The monoisotopic (exact) mass is 496 g/mol. The van der Waals surface area contributed by atoms with E-state index in [4.69, 9.17) is 18.6 Å². The molecule has 0 saturated carbocycles. The van der Waals surface area contributed by atoms with Gasteiger partial charge in [0.2, 0.25) is 0 Å². The Balaban J connectivity index is 0.00000193. The van der Waals surface area contributed by atoms with Gasteiger partial charge in [0.15, 0.2) is 11.5 Å². The molecule has 2 heterocycles. The van der Waals surface area contributed by atoms with E-state index in [2.05, 4.69) is 16.8 Å². The molecule has 1 fully saturated rings. The van der Waals surface area contributed by atoms with Crippen molar-refractivity contribution in [2.45, 2.75) is 0 Å². The van der Waals surface area contributed by atoms with Crippen molar-refractivity contribution >= 4 is 35.8 Å². The number of ether oxygens (including phenoxy) is 3. The molecule has 1 aromatic heterocycles. The second kappa shape index (κ2) is 12.1. The highest BCUT2D eigenvalue weighted by molar-refractivity contribution is 5.85. The highest BCUT2D eigenvalue weighted by atomic mass is 35.5. The smallest absolute Gasteiger partial charge is 0.344 e. The van der Waals surface area contributed by atoms with Crippen LogP contribution < -0.4 is 19.8 Å². The first kappa shape index (κ1) is 26.8. The minimum atomic E-state index is -0.408. The van der Waals surface area contributed by atoms with Gasteiger partial charge in [-0.05, 0) is 42.9 Å². The molecule has 0 unspecified atom stereocenters. The number of halogens is 2. The number of nitrogens with zero attached hydrogens (tertiary/aromatic N) is 2. The molecular weight excluding hydrogens is 467 g/mol. The highest BCUT2D eigenvalue weighted by Crippen LogP contribution is 2.32. The van der Waals surface area contributed by atoms with Gasteiger partial charge in [0, 0.05) is 44.2 Å². The van der Waals surface area contributed by atoms with Crippen LogP contribution in [0, 0.1) is 0 Å². The summed E-state index contributed by atoms with van der Waals surface area (Å²) in [7, 11) is 5.29. The zero-order valence-electron chi connectivity index (χ0n) is 19.0. The zero-order chi connectivity index (χ0) is 21.8. The summed E-state index contributed by atoms with van der Waals surface area (Å²) in [6, 6.07) is 12.8. The SMILES string of the molecule is COc1ccc(-c2cc3ccc(OCCN4CCN(C)CC4)cc3oc2=O)cc1OC.Cl.Cl. The van der Waals surface area contributed by atoms with E-state index in [1.807, 2.05) is 24.3 Å². The molecule has 7 nitrogen and oxygen atoms in total. The number of piperazine rings is 1. The van der Waals surface area contributed by atoms with Gasteiger partial charge in [-0.1, -0.05) is 6.07 Å². The molecule has 0 atom stereocenters. The third-order valence-corrected chi connectivity index (χ3v) is 5.67. The Labute approximate surface area is 206 Å². The Bertz CT molecular complexity index is 1110. The molecule has 1 aliphatic heterocycles. The van der Waals surface area contributed by atoms with Crippen LogP contribution in [0.3, 0.4) is 0 Å². The summed E-state index contributed by atoms with van der Waals surface area (Å²) in [6.07, 6.45) is 0. The molecule has 1 saturated heterocycles. The van der Waals surface area contributed by atoms with Crippen molar-refractivity contribution in [1.29, 1.82) is 0 Å². The Morgan fingerprint density at radius 1 is 0.909 bits per heavy atom. The van der Waals surface area contributed by atoms with Gasteiger partial charge in [0.05, 0.1) is 19.8 Å². The number of likely N-dealkylation sites (N-methyl/N-ethyl adjacent to an activating group) is 1. The summed E-state index contributed by atoms with van der Waals surface area (Å²) < 4.78 is 22.1. The van der Waals surface area contributed by atoms with Crippen molar-refractivity contribution in [2.24, 2.45) is 0 Å². The lowest BCUT2D eigenvalue weighted by molar-refractivity contribution is 0.134. The van der Waals surface area contributed by atoms with Crippen LogP contribution in [-0.4, -0.2) is 70.4 Å². The van der Waals surface area contributed by atoms with E-state index in [9.17, 15) is 4.79 Å². The first-order chi connectivity index (χ1) is 15.1. The van der Waals surface area contributed by atoms with Crippen LogP contribution in [0.1, 0.15) is 0 Å². The standard InChI is InChI=1S/C24H28N2O5.2ClH/c1-25-8-10-26(11-9-25)12-13-30-19-6-4-18-14-20(24(27)31-22(18)16-19)17-5-7-21(28-2)23(15-17)29-3;;/h4-7,14-16H,8-13H2,1-3H3;2*1H. The van der Waals surface area contributed by atoms with Crippen LogP contribution in [0.2, 0.25) is 0 Å².